The molecule has 1 aromatic heterocycles. The van der Waals surface area contributed by atoms with Crippen molar-refractivity contribution < 1.29 is 4.79 Å². The highest BCUT2D eigenvalue weighted by Gasteiger charge is 2.26. The van der Waals surface area contributed by atoms with Gasteiger partial charge in [-0.05, 0) is 48.6 Å². The Morgan fingerprint density at radius 2 is 1.84 bits per heavy atom. The normalized spacial score (nSPS) is 15.7. The summed E-state index contributed by atoms with van der Waals surface area (Å²) < 4.78 is 3.16. The van der Waals surface area contributed by atoms with Gasteiger partial charge in [-0.3, -0.25) is 4.79 Å². The van der Waals surface area contributed by atoms with Gasteiger partial charge in [0.05, 0.1) is 0 Å². The van der Waals surface area contributed by atoms with E-state index in [4.69, 9.17) is 0 Å². The third-order valence-electron chi connectivity index (χ3n) is 5.22. The van der Waals surface area contributed by atoms with E-state index in [-0.39, 0.29) is 5.91 Å². The molecule has 3 aromatic rings. The Kier molecular flexibility index (Phi) is 4.38. The second-order valence-electron chi connectivity index (χ2n) is 6.79. The number of hydrogen-bond acceptors (Lipinski definition) is 1. The van der Waals surface area contributed by atoms with Crippen LogP contribution in [0.3, 0.4) is 0 Å². The topological polar surface area (TPSA) is 25.2 Å². The number of nitrogens with zero attached hydrogens (tertiary/aromatic N) is 2. The number of fused-ring (bicyclic) bond motifs is 1. The number of halogens is 1. The lowest BCUT2D eigenvalue weighted by molar-refractivity contribution is 0.0713. The van der Waals surface area contributed by atoms with Gasteiger partial charge in [0.15, 0.2) is 0 Å². The molecule has 1 fully saturated rings. The summed E-state index contributed by atoms with van der Waals surface area (Å²) in [5.41, 5.74) is 3.47. The van der Waals surface area contributed by atoms with Crippen molar-refractivity contribution in [2.75, 3.05) is 13.1 Å². The molecule has 0 saturated carbocycles. The molecule has 2 heterocycles. The third-order valence-corrected chi connectivity index (χ3v) is 5.71. The van der Waals surface area contributed by atoms with Gasteiger partial charge in [0.2, 0.25) is 0 Å². The maximum Gasteiger partial charge on any atom is 0.253 e. The number of aryl methyl sites for hydroxylation is 1. The minimum absolute atomic E-state index is 0.137. The van der Waals surface area contributed by atoms with E-state index in [0.717, 1.165) is 36.0 Å². The van der Waals surface area contributed by atoms with E-state index in [1.807, 2.05) is 29.2 Å². The summed E-state index contributed by atoms with van der Waals surface area (Å²) in [6.07, 6.45) is 4.31. The van der Waals surface area contributed by atoms with Crippen molar-refractivity contribution in [1.82, 2.24) is 9.47 Å². The number of benzene rings is 2. The molecule has 0 unspecified atom stereocenters. The largest absolute Gasteiger partial charge is 0.350 e. The number of carbonyl (C=O) groups is 1. The molecular formula is C21H21BrN2O. The van der Waals surface area contributed by atoms with Crippen LogP contribution in [0.5, 0.6) is 0 Å². The maximum absolute atomic E-state index is 12.7. The Labute approximate surface area is 156 Å². The molecule has 2 aromatic carbocycles. The van der Waals surface area contributed by atoms with E-state index in [1.165, 1.54) is 16.5 Å². The molecule has 128 valence electrons. The summed E-state index contributed by atoms with van der Waals surface area (Å²) in [5, 5.41) is 1.35. The van der Waals surface area contributed by atoms with Gasteiger partial charge in [-0.25, -0.2) is 0 Å². The van der Waals surface area contributed by atoms with Gasteiger partial charge in [-0.1, -0.05) is 40.2 Å². The first-order valence-electron chi connectivity index (χ1n) is 8.72. The van der Waals surface area contributed by atoms with Crippen LogP contribution < -0.4 is 0 Å². The molecule has 1 aliphatic heterocycles. The first kappa shape index (κ1) is 16.4. The number of likely N-dealkylation sites (tertiary alicyclic amines) is 1. The average Bonchev–Trinajstić information content (AvgIpc) is 2.98. The van der Waals surface area contributed by atoms with Crippen LogP contribution in [0.1, 0.15) is 34.7 Å². The van der Waals surface area contributed by atoms with E-state index in [2.05, 4.69) is 58.0 Å². The van der Waals surface area contributed by atoms with Crippen LogP contribution in [0.2, 0.25) is 0 Å². The van der Waals surface area contributed by atoms with Crippen LogP contribution in [-0.2, 0) is 7.05 Å². The van der Waals surface area contributed by atoms with Gasteiger partial charge in [-0.2, -0.15) is 0 Å². The van der Waals surface area contributed by atoms with Crippen LogP contribution in [-0.4, -0.2) is 28.5 Å². The zero-order chi connectivity index (χ0) is 17.4. The van der Waals surface area contributed by atoms with Crippen molar-refractivity contribution in [3.8, 4) is 0 Å². The number of piperidine rings is 1. The number of aromatic nitrogens is 1. The van der Waals surface area contributed by atoms with E-state index < -0.39 is 0 Å². The Morgan fingerprint density at radius 1 is 1.08 bits per heavy atom. The number of rotatable bonds is 2. The molecule has 3 nitrogen and oxygen atoms in total. The fourth-order valence-corrected chi connectivity index (χ4v) is 4.30. The fourth-order valence-electron chi connectivity index (χ4n) is 3.90. The van der Waals surface area contributed by atoms with Crippen molar-refractivity contribution in [1.29, 1.82) is 0 Å². The monoisotopic (exact) mass is 396 g/mol. The molecule has 0 N–H and O–H groups in total. The van der Waals surface area contributed by atoms with E-state index in [0.29, 0.717) is 5.92 Å². The molecular weight excluding hydrogens is 376 g/mol. The Hall–Kier alpha value is -2.07. The summed E-state index contributed by atoms with van der Waals surface area (Å²) >= 11 is 3.45. The molecule has 0 bridgehead atoms. The van der Waals surface area contributed by atoms with E-state index in [1.54, 1.807) is 0 Å². The highest BCUT2D eigenvalue weighted by atomic mass is 79.9. The lowest BCUT2D eigenvalue weighted by atomic mass is 9.89. The summed E-state index contributed by atoms with van der Waals surface area (Å²) in [5.74, 6) is 0.662. The van der Waals surface area contributed by atoms with Gasteiger partial charge in [0.1, 0.15) is 0 Å². The van der Waals surface area contributed by atoms with Crippen LogP contribution in [0.4, 0.5) is 0 Å². The molecule has 0 radical (unpaired) electrons. The van der Waals surface area contributed by atoms with E-state index in [9.17, 15) is 4.79 Å². The molecule has 0 atom stereocenters. The van der Waals surface area contributed by atoms with Gasteiger partial charge >= 0.3 is 0 Å². The van der Waals surface area contributed by atoms with Crippen molar-refractivity contribution in [3.63, 3.8) is 0 Å². The lowest BCUT2D eigenvalue weighted by Gasteiger charge is -2.32. The second kappa shape index (κ2) is 6.68. The number of para-hydroxylation sites is 1. The Bertz CT molecular complexity index is 923. The zero-order valence-electron chi connectivity index (χ0n) is 14.3. The molecule has 1 aliphatic rings. The molecule has 4 rings (SSSR count). The zero-order valence-corrected chi connectivity index (χ0v) is 15.9. The van der Waals surface area contributed by atoms with Crippen LogP contribution in [0.15, 0.2) is 59.2 Å². The molecule has 25 heavy (non-hydrogen) atoms. The first-order chi connectivity index (χ1) is 12.1. The Morgan fingerprint density at radius 3 is 2.60 bits per heavy atom. The molecule has 0 spiro atoms. The molecule has 4 heteroatoms. The van der Waals surface area contributed by atoms with Crippen LogP contribution in [0.25, 0.3) is 10.9 Å². The molecule has 1 amide bonds. The first-order valence-corrected chi connectivity index (χ1v) is 9.51. The van der Waals surface area contributed by atoms with Gasteiger partial charge < -0.3 is 9.47 Å². The number of carbonyl (C=O) groups excluding carboxylic acids is 1. The highest BCUT2D eigenvalue weighted by molar-refractivity contribution is 9.10. The summed E-state index contributed by atoms with van der Waals surface area (Å²) in [4.78, 5) is 14.7. The van der Waals surface area contributed by atoms with E-state index >= 15 is 0 Å². The predicted octanol–water partition coefficient (Wildman–Crippen LogP) is 4.96. The molecule has 0 aliphatic carbocycles. The van der Waals surface area contributed by atoms with Crippen molar-refractivity contribution in [3.05, 3.63) is 70.3 Å². The highest BCUT2D eigenvalue weighted by Crippen LogP contribution is 2.34. The quantitative estimate of drug-likeness (QED) is 0.600. The Balaban J connectivity index is 1.50. The van der Waals surface area contributed by atoms with Crippen LogP contribution >= 0.6 is 15.9 Å². The fraction of sp³-hybridized carbons (Fsp3) is 0.286. The minimum atomic E-state index is 0.137. The predicted molar refractivity (Wildman–Crippen MR) is 105 cm³/mol. The summed E-state index contributed by atoms with van der Waals surface area (Å²) in [6.45, 7) is 1.64. The number of amides is 1. The smallest absolute Gasteiger partial charge is 0.253 e. The SMILES string of the molecule is Cn1cc(C2CCN(C(=O)c3cccc(Br)c3)CC2)c2ccccc21. The van der Waals surface area contributed by atoms with Gasteiger partial charge in [0, 0.05) is 47.3 Å². The van der Waals surface area contributed by atoms with Gasteiger partial charge in [-0.15, -0.1) is 0 Å². The van der Waals surface area contributed by atoms with Crippen molar-refractivity contribution in [2.45, 2.75) is 18.8 Å². The van der Waals surface area contributed by atoms with Crippen molar-refractivity contribution in [2.24, 2.45) is 7.05 Å². The lowest BCUT2D eigenvalue weighted by Crippen LogP contribution is -2.37. The third kappa shape index (κ3) is 3.11. The summed E-state index contributed by atoms with van der Waals surface area (Å²) in [6, 6.07) is 16.2. The van der Waals surface area contributed by atoms with Crippen molar-refractivity contribution >= 4 is 32.7 Å². The van der Waals surface area contributed by atoms with Gasteiger partial charge in [0.25, 0.3) is 5.91 Å². The minimum Gasteiger partial charge on any atom is -0.350 e. The number of hydrogen-bond donors (Lipinski definition) is 0. The standard InChI is InChI=1S/C21H21BrN2O/c1-23-14-19(18-7-2-3-8-20(18)23)15-9-11-24(12-10-15)21(25)16-5-4-6-17(22)13-16/h2-8,13-15H,9-12H2,1H3. The molecule has 1 saturated heterocycles. The van der Waals surface area contributed by atoms with Crippen LogP contribution in [0, 0.1) is 0 Å². The summed E-state index contributed by atoms with van der Waals surface area (Å²) in [7, 11) is 2.11. The second-order valence-corrected chi connectivity index (χ2v) is 7.70. The average molecular weight is 397 g/mol. The maximum atomic E-state index is 12.7.